The fourth-order valence-electron chi connectivity index (χ4n) is 1.11. The van der Waals surface area contributed by atoms with Crippen LogP contribution in [-0.4, -0.2) is 39.8 Å². The van der Waals surface area contributed by atoms with E-state index in [0.29, 0.717) is 25.3 Å². The molecule has 0 spiro atoms. The van der Waals surface area contributed by atoms with Gasteiger partial charge in [0.15, 0.2) is 0 Å². The molecule has 1 unspecified atom stereocenters. The number of hydrogen-bond acceptors (Lipinski definition) is 3. The van der Waals surface area contributed by atoms with Crippen LogP contribution in [0.15, 0.2) is 0 Å². The lowest BCUT2D eigenvalue weighted by Crippen LogP contribution is -2.35. The minimum Gasteiger partial charge on any atom is -0.385 e. The van der Waals surface area contributed by atoms with Crippen LogP contribution in [0, 0.1) is 0 Å². The van der Waals surface area contributed by atoms with Crippen LogP contribution in [0.4, 0.5) is 0 Å². The van der Waals surface area contributed by atoms with Crippen molar-refractivity contribution in [2.45, 2.75) is 32.2 Å². The van der Waals surface area contributed by atoms with Crippen LogP contribution in [0.2, 0.25) is 0 Å². The Balaban J connectivity index is 3.81. The molecule has 0 aliphatic carbocycles. The van der Waals surface area contributed by atoms with Crippen LogP contribution >= 0.6 is 11.6 Å². The summed E-state index contributed by atoms with van der Waals surface area (Å²) in [6, 6.07) is -0.0778. The normalized spacial score (nSPS) is 14.1. The van der Waals surface area contributed by atoms with Crippen molar-refractivity contribution in [1.82, 2.24) is 4.72 Å². The zero-order valence-electron chi connectivity index (χ0n) is 9.33. The Kier molecular flexibility index (Phi) is 8.42. The molecule has 0 rings (SSSR count). The summed E-state index contributed by atoms with van der Waals surface area (Å²) >= 11 is 5.47. The molecule has 0 saturated carbocycles. The van der Waals surface area contributed by atoms with E-state index in [1.165, 1.54) is 0 Å². The highest BCUT2D eigenvalue weighted by Gasteiger charge is 2.13. The third kappa shape index (κ3) is 9.11. The van der Waals surface area contributed by atoms with E-state index in [9.17, 15) is 8.42 Å². The lowest BCUT2D eigenvalue weighted by Gasteiger charge is -2.13. The number of unbranched alkanes of at least 4 members (excludes halogenated alkanes) is 1. The Morgan fingerprint density at radius 3 is 2.60 bits per heavy atom. The van der Waals surface area contributed by atoms with Gasteiger partial charge in [-0.25, -0.2) is 13.1 Å². The second kappa shape index (κ2) is 8.33. The van der Waals surface area contributed by atoms with Gasteiger partial charge in [0, 0.05) is 25.6 Å². The molecule has 15 heavy (non-hydrogen) atoms. The van der Waals surface area contributed by atoms with Crippen molar-refractivity contribution in [3.63, 3.8) is 0 Å². The minimum atomic E-state index is -3.15. The Bertz CT molecular complexity index is 244. The van der Waals surface area contributed by atoms with E-state index in [0.717, 1.165) is 6.42 Å². The average Bonchev–Trinajstić information content (AvgIpc) is 2.14. The molecule has 92 valence electrons. The van der Waals surface area contributed by atoms with Gasteiger partial charge in [-0.1, -0.05) is 0 Å². The van der Waals surface area contributed by atoms with Gasteiger partial charge in [0.05, 0.1) is 5.75 Å². The van der Waals surface area contributed by atoms with Crippen molar-refractivity contribution in [2.24, 2.45) is 0 Å². The van der Waals surface area contributed by atoms with Crippen molar-refractivity contribution < 1.29 is 13.2 Å². The number of halogens is 1. The molecule has 0 amide bonds. The van der Waals surface area contributed by atoms with Gasteiger partial charge in [-0.2, -0.15) is 0 Å². The molecule has 1 atom stereocenters. The van der Waals surface area contributed by atoms with Gasteiger partial charge in [0.25, 0.3) is 0 Å². The number of hydrogen-bond donors (Lipinski definition) is 1. The van der Waals surface area contributed by atoms with Crippen molar-refractivity contribution in [2.75, 3.05) is 25.3 Å². The standard InChI is InChI=1S/C9H20ClNO3S/c1-9(5-7-14-2)11-15(12,13)8-4-3-6-10/h9,11H,3-8H2,1-2H3. The second-order valence-electron chi connectivity index (χ2n) is 3.52. The fraction of sp³-hybridized carbons (Fsp3) is 1.00. The van der Waals surface area contributed by atoms with E-state index < -0.39 is 10.0 Å². The van der Waals surface area contributed by atoms with Crippen molar-refractivity contribution in [3.05, 3.63) is 0 Å². The van der Waals surface area contributed by atoms with E-state index in [1.54, 1.807) is 7.11 Å². The number of ether oxygens (including phenoxy) is 1. The number of sulfonamides is 1. The molecule has 4 nitrogen and oxygen atoms in total. The lowest BCUT2D eigenvalue weighted by atomic mass is 10.3. The summed E-state index contributed by atoms with van der Waals surface area (Å²) in [6.45, 7) is 2.39. The first-order valence-corrected chi connectivity index (χ1v) is 7.25. The zero-order chi connectivity index (χ0) is 11.7. The molecule has 0 aromatic heterocycles. The van der Waals surface area contributed by atoms with Crippen LogP contribution in [-0.2, 0) is 14.8 Å². The average molecular weight is 258 g/mol. The van der Waals surface area contributed by atoms with Crippen molar-refractivity contribution >= 4 is 21.6 Å². The van der Waals surface area contributed by atoms with Crippen LogP contribution in [0.3, 0.4) is 0 Å². The highest BCUT2D eigenvalue weighted by Crippen LogP contribution is 1.99. The van der Waals surface area contributed by atoms with E-state index >= 15 is 0 Å². The molecular weight excluding hydrogens is 238 g/mol. The molecule has 0 saturated heterocycles. The molecule has 0 heterocycles. The summed E-state index contributed by atoms with van der Waals surface area (Å²) in [5, 5.41) is 0. The fourth-order valence-corrected chi connectivity index (χ4v) is 2.73. The Morgan fingerprint density at radius 1 is 1.40 bits per heavy atom. The molecule has 0 radical (unpaired) electrons. The van der Waals surface area contributed by atoms with Crippen LogP contribution in [0.1, 0.15) is 26.2 Å². The lowest BCUT2D eigenvalue weighted by molar-refractivity contribution is 0.188. The summed E-state index contributed by atoms with van der Waals surface area (Å²) in [5.74, 6) is 0.659. The molecule has 0 bridgehead atoms. The number of methoxy groups -OCH3 is 1. The van der Waals surface area contributed by atoms with Crippen LogP contribution < -0.4 is 4.72 Å². The predicted octanol–water partition coefficient (Wildman–Crippen LogP) is 1.35. The number of alkyl halides is 1. The van der Waals surface area contributed by atoms with E-state index in [-0.39, 0.29) is 11.8 Å². The van der Waals surface area contributed by atoms with Gasteiger partial charge >= 0.3 is 0 Å². The molecule has 1 N–H and O–H groups in total. The van der Waals surface area contributed by atoms with Gasteiger partial charge in [-0.15, -0.1) is 11.6 Å². The third-order valence-electron chi connectivity index (χ3n) is 1.93. The second-order valence-corrected chi connectivity index (χ2v) is 5.77. The van der Waals surface area contributed by atoms with Gasteiger partial charge in [-0.05, 0) is 26.2 Å². The maximum atomic E-state index is 11.5. The highest BCUT2D eigenvalue weighted by molar-refractivity contribution is 7.89. The summed E-state index contributed by atoms with van der Waals surface area (Å²) < 4.78 is 30.4. The molecular formula is C9H20ClNO3S. The summed E-state index contributed by atoms with van der Waals surface area (Å²) in [4.78, 5) is 0. The maximum Gasteiger partial charge on any atom is 0.211 e. The third-order valence-corrected chi connectivity index (χ3v) is 3.79. The van der Waals surface area contributed by atoms with Gasteiger partial charge < -0.3 is 4.74 Å². The minimum absolute atomic E-state index is 0.0778. The van der Waals surface area contributed by atoms with Gasteiger partial charge in [-0.3, -0.25) is 0 Å². The summed E-state index contributed by atoms with van der Waals surface area (Å²) in [7, 11) is -1.55. The highest BCUT2D eigenvalue weighted by atomic mass is 35.5. The SMILES string of the molecule is COCCC(C)NS(=O)(=O)CCCCCl. The monoisotopic (exact) mass is 257 g/mol. The molecule has 0 aromatic carbocycles. The quantitative estimate of drug-likeness (QED) is 0.501. The first-order chi connectivity index (χ1) is 7.02. The smallest absolute Gasteiger partial charge is 0.211 e. The number of nitrogens with one attached hydrogen (secondary N) is 1. The first kappa shape index (κ1) is 15.2. The van der Waals surface area contributed by atoms with Crippen LogP contribution in [0.5, 0.6) is 0 Å². The molecule has 0 aliphatic heterocycles. The Hall–Kier alpha value is 0.160. The number of rotatable bonds is 9. The Labute approximate surface area is 97.4 Å². The van der Waals surface area contributed by atoms with Gasteiger partial charge in [0.1, 0.15) is 0 Å². The predicted molar refractivity (Wildman–Crippen MR) is 62.8 cm³/mol. The Morgan fingerprint density at radius 2 is 2.07 bits per heavy atom. The summed E-state index contributed by atoms with van der Waals surface area (Å²) in [5.41, 5.74) is 0. The van der Waals surface area contributed by atoms with E-state index in [1.807, 2.05) is 6.92 Å². The molecule has 6 heteroatoms. The van der Waals surface area contributed by atoms with E-state index in [2.05, 4.69) is 4.72 Å². The first-order valence-electron chi connectivity index (χ1n) is 5.06. The topological polar surface area (TPSA) is 55.4 Å². The van der Waals surface area contributed by atoms with E-state index in [4.69, 9.17) is 16.3 Å². The summed E-state index contributed by atoms with van der Waals surface area (Å²) in [6.07, 6.45) is 2.02. The largest absolute Gasteiger partial charge is 0.385 e. The van der Waals surface area contributed by atoms with Gasteiger partial charge in [0.2, 0.25) is 10.0 Å². The molecule has 0 aliphatic rings. The van der Waals surface area contributed by atoms with Crippen molar-refractivity contribution in [1.29, 1.82) is 0 Å². The van der Waals surface area contributed by atoms with Crippen LogP contribution in [0.25, 0.3) is 0 Å². The maximum absolute atomic E-state index is 11.5. The molecule has 0 fully saturated rings. The zero-order valence-corrected chi connectivity index (χ0v) is 10.9. The molecule has 0 aromatic rings. The van der Waals surface area contributed by atoms with Crippen molar-refractivity contribution in [3.8, 4) is 0 Å².